The predicted molar refractivity (Wildman–Crippen MR) is 109 cm³/mol. The van der Waals surface area contributed by atoms with Crippen molar-refractivity contribution in [1.82, 2.24) is 10.2 Å². The van der Waals surface area contributed by atoms with Gasteiger partial charge >= 0.3 is 0 Å². The molecule has 28 heavy (non-hydrogen) atoms. The lowest BCUT2D eigenvalue weighted by Gasteiger charge is -2.32. The van der Waals surface area contributed by atoms with Crippen molar-refractivity contribution in [3.05, 3.63) is 75.8 Å². The Morgan fingerprint density at radius 3 is 2.29 bits per heavy atom. The summed E-state index contributed by atoms with van der Waals surface area (Å²) < 4.78 is 0. The van der Waals surface area contributed by atoms with E-state index in [1.54, 1.807) is 12.1 Å². The number of nitro groups is 1. The van der Waals surface area contributed by atoms with E-state index in [4.69, 9.17) is 0 Å². The Labute approximate surface area is 165 Å². The number of rotatable bonds is 8. The lowest BCUT2D eigenvalue weighted by atomic mass is 10.0. The van der Waals surface area contributed by atoms with Gasteiger partial charge in [0.1, 0.15) is 0 Å². The van der Waals surface area contributed by atoms with E-state index < -0.39 is 0 Å². The molecular weight excluding hydrogens is 354 g/mol. The van der Waals surface area contributed by atoms with Gasteiger partial charge < -0.3 is 10.2 Å². The van der Waals surface area contributed by atoms with Gasteiger partial charge in [-0.2, -0.15) is 0 Å². The van der Waals surface area contributed by atoms with Crippen molar-refractivity contribution >= 4 is 11.6 Å². The molecule has 1 aliphatic rings. The zero-order valence-corrected chi connectivity index (χ0v) is 16.0. The first-order chi connectivity index (χ1) is 13.6. The summed E-state index contributed by atoms with van der Waals surface area (Å²) in [7, 11) is 0. The number of likely N-dealkylation sites (tertiary alicyclic amines) is 1. The Morgan fingerprint density at radius 2 is 1.64 bits per heavy atom. The molecule has 6 heteroatoms. The van der Waals surface area contributed by atoms with Crippen molar-refractivity contribution in [2.45, 2.75) is 38.1 Å². The number of hydrogen-bond acceptors (Lipinski definition) is 4. The molecule has 1 fully saturated rings. The number of piperidine rings is 1. The van der Waals surface area contributed by atoms with Gasteiger partial charge in [-0.1, -0.05) is 42.5 Å². The highest BCUT2D eigenvalue weighted by atomic mass is 16.6. The highest BCUT2D eigenvalue weighted by molar-refractivity contribution is 5.76. The molecule has 0 saturated carbocycles. The fourth-order valence-corrected chi connectivity index (χ4v) is 3.57. The maximum atomic E-state index is 12.2. The first-order valence-electron chi connectivity index (χ1n) is 9.89. The number of nitro benzene ring substituents is 1. The molecule has 148 valence electrons. The van der Waals surface area contributed by atoms with E-state index in [-0.39, 0.29) is 22.6 Å². The molecule has 0 radical (unpaired) electrons. The Kier molecular flexibility index (Phi) is 7.14. The van der Waals surface area contributed by atoms with Crippen molar-refractivity contribution in [1.29, 1.82) is 0 Å². The minimum atomic E-state index is -0.372. The third kappa shape index (κ3) is 6.16. The fraction of sp³-hybridized carbons (Fsp3) is 0.409. The van der Waals surface area contributed by atoms with Crippen molar-refractivity contribution in [2.24, 2.45) is 0 Å². The second kappa shape index (κ2) is 9.99. The van der Waals surface area contributed by atoms with E-state index in [9.17, 15) is 14.9 Å². The number of carbonyl (C=O) groups is 1. The number of nitrogens with one attached hydrogen (secondary N) is 1. The largest absolute Gasteiger partial charge is 0.353 e. The normalized spacial score (nSPS) is 15.3. The standard InChI is InChI=1S/C22H27N3O3/c26-22(11-8-18-4-2-1-3-5-18)23-20-13-16-24(17-14-20)15-12-19-6-9-21(10-7-19)25(27)28/h1-7,9-10,20H,8,11-17H2,(H,23,26). The quantitative estimate of drug-likeness (QED) is 0.562. The van der Waals surface area contributed by atoms with Gasteiger partial charge in [-0.05, 0) is 36.8 Å². The molecule has 1 heterocycles. The molecule has 1 saturated heterocycles. The molecule has 0 aromatic heterocycles. The van der Waals surface area contributed by atoms with Gasteiger partial charge in [0.15, 0.2) is 0 Å². The zero-order chi connectivity index (χ0) is 19.8. The highest BCUT2D eigenvalue weighted by Gasteiger charge is 2.20. The molecule has 0 spiro atoms. The van der Waals surface area contributed by atoms with Crippen LogP contribution in [0, 0.1) is 10.1 Å². The molecule has 0 atom stereocenters. The highest BCUT2D eigenvalue weighted by Crippen LogP contribution is 2.15. The molecule has 0 unspecified atom stereocenters. The number of carbonyl (C=O) groups excluding carboxylic acids is 1. The van der Waals surface area contributed by atoms with Crippen LogP contribution in [0.1, 0.15) is 30.4 Å². The molecule has 2 aromatic carbocycles. The number of benzene rings is 2. The van der Waals surface area contributed by atoms with Crippen LogP contribution < -0.4 is 5.32 Å². The van der Waals surface area contributed by atoms with Crippen LogP contribution in [0.3, 0.4) is 0 Å². The molecule has 3 rings (SSSR count). The minimum absolute atomic E-state index is 0.132. The molecule has 1 N–H and O–H groups in total. The first kappa shape index (κ1) is 20.0. The van der Waals surface area contributed by atoms with Crippen LogP contribution >= 0.6 is 0 Å². The molecule has 1 amide bonds. The van der Waals surface area contributed by atoms with E-state index in [2.05, 4.69) is 22.3 Å². The third-order valence-corrected chi connectivity index (χ3v) is 5.30. The van der Waals surface area contributed by atoms with Gasteiger partial charge in [0.05, 0.1) is 4.92 Å². The monoisotopic (exact) mass is 381 g/mol. The van der Waals surface area contributed by atoms with Gasteiger partial charge in [-0.15, -0.1) is 0 Å². The fourth-order valence-electron chi connectivity index (χ4n) is 3.57. The van der Waals surface area contributed by atoms with Crippen molar-refractivity contribution in [3.8, 4) is 0 Å². The maximum absolute atomic E-state index is 12.2. The second-order valence-corrected chi connectivity index (χ2v) is 7.34. The van der Waals surface area contributed by atoms with Gasteiger partial charge in [0.25, 0.3) is 5.69 Å². The lowest BCUT2D eigenvalue weighted by Crippen LogP contribution is -2.45. The average Bonchev–Trinajstić information content (AvgIpc) is 2.73. The van der Waals surface area contributed by atoms with Crippen molar-refractivity contribution in [3.63, 3.8) is 0 Å². The third-order valence-electron chi connectivity index (χ3n) is 5.30. The Morgan fingerprint density at radius 1 is 1.00 bits per heavy atom. The summed E-state index contributed by atoms with van der Waals surface area (Å²) in [6.45, 7) is 2.87. The number of hydrogen-bond donors (Lipinski definition) is 1. The number of non-ortho nitro benzene ring substituents is 1. The van der Waals surface area contributed by atoms with Crippen molar-refractivity contribution in [2.75, 3.05) is 19.6 Å². The number of nitrogens with zero attached hydrogens (tertiary/aromatic N) is 2. The number of amides is 1. The van der Waals surface area contributed by atoms with Crippen LogP contribution in [0.15, 0.2) is 54.6 Å². The Hall–Kier alpha value is -2.73. The Balaban J connectivity index is 1.33. The van der Waals surface area contributed by atoms with Crippen LogP contribution in [-0.2, 0) is 17.6 Å². The molecule has 1 aliphatic heterocycles. The van der Waals surface area contributed by atoms with E-state index in [0.717, 1.165) is 50.9 Å². The van der Waals surface area contributed by atoms with Gasteiger partial charge in [0, 0.05) is 44.2 Å². The summed E-state index contributed by atoms with van der Waals surface area (Å²) in [4.78, 5) is 24.9. The lowest BCUT2D eigenvalue weighted by molar-refractivity contribution is -0.384. The van der Waals surface area contributed by atoms with Crippen LogP contribution in [0.5, 0.6) is 0 Å². The van der Waals surface area contributed by atoms with E-state index in [0.29, 0.717) is 6.42 Å². The van der Waals surface area contributed by atoms with E-state index >= 15 is 0 Å². The van der Waals surface area contributed by atoms with Gasteiger partial charge in [-0.3, -0.25) is 14.9 Å². The summed E-state index contributed by atoms with van der Waals surface area (Å²) in [5.41, 5.74) is 2.44. The van der Waals surface area contributed by atoms with Gasteiger partial charge in [0.2, 0.25) is 5.91 Å². The van der Waals surface area contributed by atoms with E-state index in [1.807, 2.05) is 30.3 Å². The molecule has 2 aromatic rings. The zero-order valence-electron chi connectivity index (χ0n) is 16.0. The van der Waals surface area contributed by atoms with Gasteiger partial charge in [-0.25, -0.2) is 0 Å². The van der Waals surface area contributed by atoms with Crippen LogP contribution in [0.25, 0.3) is 0 Å². The Bertz CT molecular complexity index is 769. The first-order valence-corrected chi connectivity index (χ1v) is 9.89. The number of aryl methyl sites for hydroxylation is 1. The summed E-state index contributed by atoms with van der Waals surface area (Å²) >= 11 is 0. The summed E-state index contributed by atoms with van der Waals surface area (Å²) in [5, 5.41) is 13.9. The molecule has 0 aliphatic carbocycles. The summed E-state index contributed by atoms with van der Waals surface area (Å²) in [6, 6.07) is 17.1. The van der Waals surface area contributed by atoms with Crippen LogP contribution in [0.4, 0.5) is 5.69 Å². The topological polar surface area (TPSA) is 75.5 Å². The smallest absolute Gasteiger partial charge is 0.269 e. The SMILES string of the molecule is O=C(CCc1ccccc1)NC1CCN(CCc2ccc([N+](=O)[O-])cc2)CC1. The van der Waals surface area contributed by atoms with Crippen LogP contribution in [0.2, 0.25) is 0 Å². The predicted octanol–water partition coefficient (Wildman–Crippen LogP) is 3.35. The van der Waals surface area contributed by atoms with Crippen LogP contribution in [-0.4, -0.2) is 41.4 Å². The summed E-state index contributed by atoms with van der Waals surface area (Å²) in [6.07, 6.45) is 4.13. The second-order valence-electron chi connectivity index (χ2n) is 7.34. The maximum Gasteiger partial charge on any atom is 0.269 e. The van der Waals surface area contributed by atoms with E-state index in [1.165, 1.54) is 5.56 Å². The molecular formula is C22H27N3O3. The van der Waals surface area contributed by atoms with Crippen molar-refractivity contribution < 1.29 is 9.72 Å². The molecule has 0 bridgehead atoms. The average molecular weight is 381 g/mol. The summed E-state index contributed by atoms with van der Waals surface area (Å²) in [5.74, 6) is 0.133. The minimum Gasteiger partial charge on any atom is -0.353 e. The molecule has 6 nitrogen and oxygen atoms in total.